The summed E-state index contributed by atoms with van der Waals surface area (Å²) in [7, 11) is 0. The van der Waals surface area contributed by atoms with Crippen molar-refractivity contribution >= 4 is 11.6 Å². The monoisotopic (exact) mass is 546 g/mol. The summed E-state index contributed by atoms with van der Waals surface area (Å²) in [5.74, 6) is 0.992. The molecule has 0 radical (unpaired) electrons. The van der Waals surface area contributed by atoms with E-state index in [0.717, 1.165) is 48.3 Å². The fraction of sp³-hybridized carbons (Fsp3) is 0.562. The highest BCUT2D eigenvalue weighted by atomic mass is 17.3. The van der Waals surface area contributed by atoms with Crippen LogP contribution in [0.15, 0.2) is 59.7 Å². The van der Waals surface area contributed by atoms with Crippen molar-refractivity contribution in [2.75, 3.05) is 0 Å². The van der Waals surface area contributed by atoms with E-state index >= 15 is 0 Å². The van der Waals surface area contributed by atoms with Crippen molar-refractivity contribution in [3.8, 4) is 5.75 Å². The van der Waals surface area contributed by atoms with E-state index in [-0.39, 0.29) is 23.8 Å². The Morgan fingerprint density at radius 1 is 1.00 bits per heavy atom. The first-order valence-corrected chi connectivity index (χ1v) is 14.7. The molecule has 1 unspecified atom stereocenters. The molecule has 40 heavy (non-hydrogen) atoms. The van der Waals surface area contributed by atoms with Gasteiger partial charge in [-0.15, -0.1) is 0 Å². The van der Waals surface area contributed by atoms with Gasteiger partial charge >= 0.3 is 0 Å². The van der Waals surface area contributed by atoms with Crippen molar-refractivity contribution in [3.63, 3.8) is 0 Å². The molecule has 9 atom stereocenters. The third-order valence-electron chi connectivity index (χ3n) is 9.95. The lowest BCUT2D eigenvalue weighted by atomic mass is 9.58. The summed E-state index contributed by atoms with van der Waals surface area (Å²) in [5, 5.41) is 6.28. The van der Waals surface area contributed by atoms with Gasteiger partial charge in [0.05, 0.1) is 11.8 Å². The topological polar surface area (TPSA) is 78.8 Å². The van der Waals surface area contributed by atoms with E-state index in [1.807, 2.05) is 61.5 Å². The van der Waals surface area contributed by atoms with E-state index in [0.29, 0.717) is 18.3 Å². The van der Waals surface area contributed by atoms with Crippen LogP contribution >= 0.6 is 0 Å². The van der Waals surface area contributed by atoms with Gasteiger partial charge in [-0.2, -0.15) is 5.10 Å². The van der Waals surface area contributed by atoms with Crippen molar-refractivity contribution in [3.05, 3.63) is 65.7 Å². The number of hydrogen-bond acceptors (Lipinski definition) is 7. The summed E-state index contributed by atoms with van der Waals surface area (Å²) in [4.78, 5) is 24.5. The summed E-state index contributed by atoms with van der Waals surface area (Å²) in [6, 6.07) is 17.9. The molecule has 0 N–H and O–H groups in total. The lowest BCUT2D eigenvalue weighted by Crippen LogP contribution is -2.70. The Morgan fingerprint density at radius 3 is 2.52 bits per heavy atom. The molecule has 1 saturated carbocycles. The zero-order valence-electron chi connectivity index (χ0n) is 23.6. The maximum atomic E-state index is 12.4. The zero-order valence-corrected chi connectivity index (χ0v) is 23.6. The number of nitrogens with zero attached hydrogens (tertiary/aromatic N) is 2. The molecule has 2 bridgehead atoms. The average molecular weight is 547 g/mol. The highest BCUT2D eigenvalue weighted by Gasteiger charge is 2.69. The van der Waals surface area contributed by atoms with Crippen LogP contribution in [0.4, 0.5) is 0 Å². The molecule has 8 heteroatoms. The van der Waals surface area contributed by atoms with Gasteiger partial charge in [0, 0.05) is 31.6 Å². The first kappa shape index (κ1) is 26.1. The number of hydrogen-bond donors (Lipinski definition) is 0. The summed E-state index contributed by atoms with van der Waals surface area (Å²) in [6.45, 7) is 8.01. The van der Waals surface area contributed by atoms with Gasteiger partial charge in [0.15, 0.2) is 11.9 Å². The van der Waals surface area contributed by atoms with Gasteiger partial charge in [-0.3, -0.25) is 4.79 Å². The highest BCUT2D eigenvalue weighted by Crippen LogP contribution is 2.60. The molecule has 2 aromatic carbocycles. The third-order valence-corrected chi connectivity index (χ3v) is 9.95. The van der Waals surface area contributed by atoms with Crippen LogP contribution in [0.1, 0.15) is 77.0 Å². The Bertz CT molecular complexity index is 1300. The lowest BCUT2D eigenvalue weighted by Gasteiger charge is -2.60. The number of fused-ring (bicyclic) bond motifs is 2. The van der Waals surface area contributed by atoms with E-state index in [9.17, 15) is 4.79 Å². The minimum Gasteiger partial charge on any atom is -0.465 e. The smallest absolute Gasteiger partial charge is 0.240 e. The Morgan fingerprint density at radius 2 is 1.77 bits per heavy atom. The molecule has 212 valence electrons. The summed E-state index contributed by atoms with van der Waals surface area (Å²) >= 11 is 0. The molecule has 0 aromatic heterocycles. The maximum absolute atomic E-state index is 12.4. The standard InChI is InChI=1S/C32H38N2O6/c1-19-10-15-26-20(2)29(37-30-32(26)25(19)16-17-31(4,38-30)39-40-32)36-24-13-11-22(12-14-24)27-18-28(34(33-27)21(3)35)23-8-6-5-7-9-23/h5-9,11-14,19-20,25-26,28-30H,10,15-18H2,1-4H3/t19-,20-,25+,26+,28?,29-,30-,31-,32-/m1/s1. The van der Waals surface area contributed by atoms with Crippen LogP contribution < -0.4 is 4.74 Å². The Hall–Kier alpha value is -2.78. The van der Waals surface area contributed by atoms with Crippen molar-refractivity contribution in [2.24, 2.45) is 28.8 Å². The molecule has 1 amide bonds. The van der Waals surface area contributed by atoms with Crippen LogP contribution in [0, 0.1) is 23.7 Å². The SMILES string of the molecule is CC(=O)N1N=C(c2ccc(O[C@@H]3O[C@@H]4O[C@@]5(C)CC[C@H]6[C@H](C)CC[C@@H]([C@H]3C)[C@@]46OO5)cc2)CC1c1ccccc1. The Balaban J connectivity index is 1.10. The summed E-state index contributed by atoms with van der Waals surface area (Å²) < 4.78 is 19.5. The van der Waals surface area contributed by atoms with E-state index in [2.05, 4.69) is 18.9 Å². The minimum absolute atomic E-state index is 0.0676. The van der Waals surface area contributed by atoms with Crippen molar-refractivity contribution in [2.45, 2.75) is 89.8 Å². The van der Waals surface area contributed by atoms with Crippen LogP contribution in [0.3, 0.4) is 0 Å². The van der Waals surface area contributed by atoms with Crippen LogP contribution in [0.5, 0.6) is 5.75 Å². The van der Waals surface area contributed by atoms with E-state index < -0.39 is 24.0 Å². The summed E-state index contributed by atoms with van der Waals surface area (Å²) in [5.41, 5.74) is 2.33. The Labute approximate surface area is 235 Å². The van der Waals surface area contributed by atoms with Crippen LogP contribution in [0.25, 0.3) is 0 Å². The lowest BCUT2D eigenvalue weighted by molar-refractivity contribution is -0.575. The normalized spacial score (nSPS) is 40.2. The number of carbonyl (C=O) groups is 1. The van der Waals surface area contributed by atoms with E-state index in [4.69, 9.17) is 24.0 Å². The predicted molar refractivity (Wildman–Crippen MR) is 147 cm³/mol. The van der Waals surface area contributed by atoms with Gasteiger partial charge in [-0.25, -0.2) is 14.8 Å². The molecule has 8 nitrogen and oxygen atoms in total. The molecule has 4 saturated heterocycles. The third kappa shape index (κ3) is 4.11. The fourth-order valence-corrected chi connectivity index (χ4v) is 7.78. The molecule has 1 spiro atoms. The first-order valence-electron chi connectivity index (χ1n) is 14.7. The zero-order chi connectivity index (χ0) is 27.6. The predicted octanol–water partition coefficient (Wildman–Crippen LogP) is 5.97. The minimum atomic E-state index is -0.808. The fourth-order valence-electron chi connectivity index (χ4n) is 7.78. The number of ether oxygens (including phenoxy) is 3. The van der Waals surface area contributed by atoms with Crippen LogP contribution in [-0.2, 0) is 24.0 Å². The second-order valence-corrected chi connectivity index (χ2v) is 12.5. The molecule has 5 heterocycles. The van der Waals surface area contributed by atoms with Crippen molar-refractivity contribution in [1.29, 1.82) is 0 Å². The average Bonchev–Trinajstić information content (AvgIpc) is 3.29. The molecule has 2 aromatic rings. The van der Waals surface area contributed by atoms with Gasteiger partial charge in [0.1, 0.15) is 5.75 Å². The quantitative estimate of drug-likeness (QED) is 0.440. The van der Waals surface area contributed by atoms with E-state index in [1.165, 1.54) is 0 Å². The number of hydrazone groups is 1. The van der Waals surface area contributed by atoms with Crippen LogP contribution in [-0.4, -0.2) is 40.6 Å². The summed E-state index contributed by atoms with van der Waals surface area (Å²) in [6.07, 6.45) is 3.63. The van der Waals surface area contributed by atoms with Gasteiger partial charge in [-0.05, 0) is 73.4 Å². The van der Waals surface area contributed by atoms with Crippen molar-refractivity contribution in [1.82, 2.24) is 5.01 Å². The van der Waals surface area contributed by atoms with Crippen molar-refractivity contribution < 1.29 is 28.8 Å². The highest BCUT2D eigenvalue weighted by molar-refractivity contribution is 6.03. The van der Waals surface area contributed by atoms with Gasteiger partial charge in [0.2, 0.25) is 18.0 Å². The van der Waals surface area contributed by atoms with Gasteiger partial charge in [-0.1, -0.05) is 44.2 Å². The molecule has 5 aliphatic heterocycles. The number of carbonyl (C=O) groups excluding carboxylic acids is 1. The number of rotatable bonds is 4. The van der Waals surface area contributed by atoms with E-state index in [1.54, 1.807) is 11.9 Å². The van der Waals surface area contributed by atoms with Gasteiger partial charge < -0.3 is 14.2 Å². The Kier molecular flexibility index (Phi) is 6.31. The maximum Gasteiger partial charge on any atom is 0.240 e. The van der Waals surface area contributed by atoms with Crippen LogP contribution in [0.2, 0.25) is 0 Å². The number of amides is 1. The second kappa shape index (κ2) is 9.65. The molecule has 1 aliphatic carbocycles. The molecule has 5 fully saturated rings. The molecular formula is C32H38N2O6. The first-order chi connectivity index (χ1) is 19.3. The molecular weight excluding hydrogens is 508 g/mol. The van der Waals surface area contributed by atoms with Gasteiger partial charge in [0.25, 0.3) is 0 Å². The largest absolute Gasteiger partial charge is 0.465 e. The molecule has 6 aliphatic rings. The number of benzene rings is 2. The second-order valence-electron chi connectivity index (χ2n) is 12.5. The molecule has 8 rings (SSSR count).